The van der Waals surface area contributed by atoms with E-state index in [2.05, 4.69) is 200 Å². The molecule has 248 valence electrons. The highest BCUT2D eigenvalue weighted by Crippen LogP contribution is 2.33. The second-order valence-corrected chi connectivity index (χ2v) is 12.4. The topological polar surface area (TPSA) is 27.6 Å². The van der Waals surface area contributed by atoms with Crippen molar-refractivity contribution in [3.8, 4) is 11.1 Å². The normalized spacial score (nSPS) is 16.4. The molecule has 50 heavy (non-hydrogen) atoms. The molecule has 1 unspecified atom stereocenters. The minimum absolute atomic E-state index is 0.333. The maximum Gasteiger partial charge on any atom is 0.128 e. The van der Waals surface area contributed by atoms with Crippen LogP contribution in [0.25, 0.3) is 16.7 Å². The summed E-state index contributed by atoms with van der Waals surface area (Å²) >= 11 is 0. The van der Waals surface area contributed by atoms with Crippen LogP contribution in [0.4, 0.5) is 11.4 Å². The van der Waals surface area contributed by atoms with E-state index >= 15 is 0 Å². The molecule has 0 amide bonds. The summed E-state index contributed by atoms with van der Waals surface area (Å²) < 4.78 is 0. The van der Waals surface area contributed by atoms with Gasteiger partial charge in [0.25, 0.3) is 0 Å². The van der Waals surface area contributed by atoms with Gasteiger partial charge in [-0.05, 0) is 102 Å². The van der Waals surface area contributed by atoms with Gasteiger partial charge in [-0.15, -0.1) is 0 Å². The number of nitrogens with zero attached hydrogens (tertiary/aromatic N) is 2. The molecule has 0 aromatic heterocycles. The zero-order chi connectivity index (χ0) is 34.4. The van der Waals surface area contributed by atoms with E-state index in [1.165, 1.54) is 33.4 Å². The minimum atomic E-state index is 0.333. The molecular formula is C47H45N3. The summed E-state index contributed by atoms with van der Waals surface area (Å²) in [5.74, 6) is 1.25. The number of hydrogen-bond donors (Lipinski definition) is 1. The van der Waals surface area contributed by atoms with Crippen LogP contribution < -0.4 is 10.2 Å². The van der Waals surface area contributed by atoms with Crippen LogP contribution in [0, 0.1) is 0 Å². The van der Waals surface area contributed by atoms with Gasteiger partial charge in [-0.2, -0.15) is 0 Å². The van der Waals surface area contributed by atoms with Crippen molar-refractivity contribution in [3.63, 3.8) is 0 Å². The van der Waals surface area contributed by atoms with Crippen LogP contribution in [0.2, 0.25) is 0 Å². The van der Waals surface area contributed by atoms with Gasteiger partial charge in [0.1, 0.15) is 5.84 Å². The number of benzene rings is 4. The average molecular weight is 652 g/mol. The maximum absolute atomic E-state index is 4.90. The highest BCUT2D eigenvalue weighted by atomic mass is 15.1. The maximum atomic E-state index is 4.90. The van der Waals surface area contributed by atoms with E-state index in [1.807, 2.05) is 0 Å². The molecule has 4 aromatic rings. The number of nitrogens with one attached hydrogen (secondary N) is 1. The molecule has 3 heteroatoms. The second-order valence-electron chi connectivity index (χ2n) is 12.4. The first-order valence-corrected chi connectivity index (χ1v) is 17.5. The molecular weight excluding hydrogens is 607 g/mol. The van der Waals surface area contributed by atoms with Crippen LogP contribution in [0.15, 0.2) is 205 Å². The van der Waals surface area contributed by atoms with Gasteiger partial charge in [-0.3, -0.25) is 4.99 Å². The Labute approximate surface area is 298 Å². The predicted octanol–water partition coefficient (Wildman–Crippen LogP) is 12.0. The van der Waals surface area contributed by atoms with E-state index in [1.54, 1.807) is 6.20 Å². The lowest BCUT2D eigenvalue weighted by molar-refractivity contribution is 0.839. The van der Waals surface area contributed by atoms with Gasteiger partial charge in [0.2, 0.25) is 0 Å². The number of rotatable bonds is 12. The standard InChI is InChI=1S/C47H45N3/c1-3-15-38(39-16-8-5-9-17-39)22-14-35-50(45-31-27-42(28-32-45)40-18-10-6-11-19-40)46-33-29-43(30-34-46)41-25-23-37(24-26-41)36-49-47(48-4-2)44-20-12-7-13-21-44/h3-12,14-20,22-25,27-35,41H,2,13,21,26,36H2,1H3,(H,48,49)/b15-3-,35-14+,38-22+. The summed E-state index contributed by atoms with van der Waals surface area (Å²) in [6.07, 6.45) is 28.7. The fourth-order valence-corrected chi connectivity index (χ4v) is 6.28. The van der Waals surface area contributed by atoms with E-state index in [0.717, 1.165) is 42.0 Å². The number of anilines is 2. The SMILES string of the molecule is C=CNC(=NCC1=CCC(c2ccc(N(/C=C/C=C(\C=C/C)c3ccccc3)c3ccc(-c4ccccc4)cc3)cc2)C=C1)C1=CC=CCC1. The molecule has 1 N–H and O–H groups in total. The summed E-state index contributed by atoms with van der Waals surface area (Å²) in [5.41, 5.74) is 10.8. The molecule has 4 aromatic carbocycles. The molecule has 0 spiro atoms. The van der Waals surface area contributed by atoms with Crippen molar-refractivity contribution in [2.75, 3.05) is 11.4 Å². The highest BCUT2D eigenvalue weighted by Gasteiger charge is 2.14. The Hall–Kier alpha value is -5.93. The smallest absolute Gasteiger partial charge is 0.128 e. The third-order valence-electron chi connectivity index (χ3n) is 8.97. The van der Waals surface area contributed by atoms with Crippen molar-refractivity contribution in [2.24, 2.45) is 4.99 Å². The van der Waals surface area contributed by atoms with Crippen molar-refractivity contribution in [1.82, 2.24) is 5.32 Å². The zero-order valence-electron chi connectivity index (χ0n) is 28.8. The van der Waals surface area contributed by atoms with E-state index < -0.39 is 0 Å². The van der Waals surface area contributed by atoms with Gasteiger partial charge in [0.05, 0.1) is 6.54 Å². The van der Waals surface area contributed by atoms with Crippen LogP contribution in [0.1, 0.15) is 43.2 Å². The Morgan fingerprint density at radius 2 is 1.58 bits per heavy atom. The van der Waals surface area contributed by atoms with Crippen LogP contribution in [0.5, 0.6) is 0 Å². The molecule has 3 nitrogen and oxygen atoms in total. The zero-order valence-corrected chi connectivity index (χ0v) is 28.8. The Kier molecular flexibility index (Phi) is 11.9. The second kappa shape index (κ2) is 17.5. The van der Waals surface area contributed by atoms with Crippen LogP contribution in [0.3, 0.4) is 0 Å². The van der Waals surface area contributed by atoms with Crippen LogP contribution in [-0.4, -0.2) is 12.4 Å². The molecule has 0 heterocycles. The summed E-state index contributed by atoms with van der Waals surface area (Å²) in [4.78, 5) is 7.15. The van der Waals surface area contributed by atoms with E-state index in [0.29, 0.717) is 12.5 Å². The lowest BCUT2D eigenvalue weighted by Crippen LogP contribution is -2.21. The van der Waals surface area contributed by atoms with Crippen molar-refractivity contribution in [1.29, 1.82) is 0 Å². The van der Waals surface area contributed by atoms with Gasteiger partial charge in [-0.25, -0.2) is 0 Å². The first-order valence-electron chi connectivity index (χ1n) is 17.5. The number of hydrogen-bond acceptors (Lipinski definition) is 2. The summed E-state index contributed by atoms with van der Waals surface area (Å²) in [6, 6.07) is 38.8. The summed E-state index contributed by atoms with van der Waals surface area (Å²) in [5, 5.41) is 3.24. The Morgan fingerprint density at radius 3 is 2.22 bits per heavy atom. The van der Waals surface area contributed by atoms with Crippen LogP contribution >= 0.6 is 0 Å². The molecule has 1 atom stereocenters. The molecule has 6 rings (SSSR count). The molecule has 0 fully saturated rings. The Morgan fingerprint density at radius 1 is 0.880 bits per heavy atom. The fourth-order valence-electron chi connectivity index (χ4n) is 6.28. The average Bonchev–Trinajstić information content (AvgIpc) is 3.19. The Balaban J connectivity index is 1.20. The fraction of sp³-hybridized carbons (Fsp3) is 0.128. The van der Waals surface area contributed by atoms with Gasteiger partial charge in [0.15, 0.2) is 0 Å². The van der Waals surface area contributed by atoms with E-state index in [9.17, 15) is 0 Å². The monoisotopic (exact) mass is 651 g/mol. The molecule has 2 aliphatic rings. The molecule has 0 saturated heterocycles. The summed E-state index contributed by atoms with van der Waals surface area (Å²) in [6.45, 7) is 6.55. The highest BCUT2D eigenvalue weighted by molar-refractivity contribution is 5.99. The molecule has 2 aliphatic carbocycles. The van der Waals surface area contributed by atoms with Gasteiger partial charge >= 0.3 is 0 Å². The van der Waals surface area contributed by atoms with Crippen molar-refractivity contribution >= 4 is 22.8 Å². The Bertz CT molecular complexity index is 1970. The molecule has 0 saturated carbocycles. The first kappa shape index (κ1) is 34.0. The van der Waals surface area contributed by atoms with E-state index in [4.69, 9.17) is 4.99 Å². The molecule has 0 radical (unpaired) electrons. The van der Waals surface area contributed by atoms with Gasteiger partial charge < -0.3 is 10.2 Å². The van der Waals surface area contributed by atoms with Crippen LogP contribution in [-0.2, 0) is 0 Å². The molecule has 0 bridgehead atoms. The van der Waals surface area contributed by atoms with Crippen molar-refractivity contribution in [3.05, 3.63) is 211 Å². The van der Waals surface area contributed by atoms with Gasteiger partial charge in [-0.1, -0.05) is 146 Å². The predicted molar refractivity (Wildman–Crippen MR) is 216 cm³/mol. The third kappa shape index (κ3) is 8.94. The van der Waals surface area contributed by atoms with Crippen molar-refractivity contribution in [2.45, 2.75) is 32.1 Å². The largest absolute Gasteiger partial charge is 0.347 e. The molecule has 0 aliphatic heterocycles. The lowest BCUT2D eigenvalue weighted by atomic mass is 9.90. The van der Waals surface area contributed by atoms with Gasteiger partial charge in [0, 0.05) is 23.5 Å². The third-order valence-corrected chi connectivity index (χ3v) is 8.97. The minimum Gasteiger partial charge on any atom is -0.347 e. The quantitative estimate of drug-likeness (QED) is 0.0938. The van der Waals surface area contributed by atoms with Crippen molar-refractivity contribution < 1.29 is 0 Å². The first-order chi connectivity index (χ1) is 24.7. The number of allylic oxidation sites excluding steroid dienone is 10. The lowest BCUT2D eigenvalue weighted by Gasteiger charge is -2.23. The summed E-state index contributed by atoms with van der Waals surface area (Å²) in [7, 11) is 0. The number of amidine groups is 1. The van der Waals surface area contributed by atoms with E-state index in [-0.39, 0.29) is 0 Å². The number of aliphatic imine (C=N–C) groups is 1.